The maximum atomic E-state index is 14.0. The summed E-state index contributed by atoms with van der Waals surface area (Å²) in [5.74, 6) is -3.03. The molecule has 0 aromatic heterocycles. The average Bonchev–Trinajstić information content (AvgIpc) is 3.11. The predicted molar refractivity (Wildman–Crippen MR) is 116 cm³/mol. The highest BCUT2D eigenvalue weighted by atomic mass is 19.4. The Morgan fingerprint density at radius 2 is 1.62 bits per heavy atom. The molecule has 4 rings (SSSR count). The molecule has 0 saturated carbocycles. The van der Waals surface area contributed by atoms with Crippen molar-refractivity contribution in [1.29, 1.82) is 0 Å². The zero-order valence-electron chi connectivity index (χ0n) is 17.8. The molecular formula is C25H19F5N2O2. The third kappa shape index (κ3) is 5.03. The van der Waals surface area contributed by atoms with Gasteiger partial charge in [-0.15, -0.1) is 13.2 Å². The first-order valence-electron chi connectivity index (χ1n) is 10.3. The van der Waals surface area contributed by atoms with Gasteiger partial charge >= 0.3 is 6.36 Å². The molecule has 34 heavy (non-hydrogen) atoms. The number of anilines is 1. The highest BCUT2D eigenvalue weighted by Gasteiger charge is 2.36. The number of ether oxygens (including phenoxy) is 1. The molecule has 0 aliphatic carbocycles. The van der Waals surface area contributed by atoms with E-state index >= 15 is 0 Å². The lowest BCUT2D eigenvalue weighted by Gasteiger charge is -2.26. The topological polar surface area (TPSA) is 41.6 Å². The zero-order chi connectivity index (χ0) is 24.5. The van der Waals surface area contributed by atoms with Gasteiger partial charge in [-0.3, -0.25) is 9.69 Å². The van der Waals surface area contributed by atoms with Crippen LogP contribution in [0.2, 0.25) is 0 Å². The number of halogens is 5. The van der Waals surface area contributed by atoms with E-state index in [2.05, 4.69) is 10.1 Å². The summed E-state index contributed by atoms with van der Waals surface area (Å²) in [7, 11) is 0. The van der Waals surface area contributed by atoms with Crippen LogP contribution in [0.5, 0.6) is 5.75 Å². The van der Waals surface area contributed by atoms with Crippen molar-refractivity contribution in [2.24, 2.45) is 0 Å². The van der Waals surface area contributed by atoms with Gasteiger partial charge in [-0.2, -0.15) is 0 Å². The van der Waals surface area contributed by atoms with E-state index in [0.717, 1.165) is 29.8 Å². The summed E-state index contributed by atoms with van der Waals surface area (Å²) in [6, 6.07) is 16.3. The summed E-state index contributed by atoms with van der Waals surface area (Å²) in [4.78, 5) is 14.6. The molecular weight excluding hydrogens is 455 g/mol. The molecule has 0 unspecified atom stereocenters. The number of rotatable bonds is 6. The molecule has 0 spiro atoms. The van der Waals surface area contributed by atoms with E-state index in [4.69, 9.17) is 0 Å². The zero-order valence-corrected chi connectivity index (χ0v) is 17.8. The highest BCUT2D eigenvalue weighted by Crippen LogP contribution is 2.37. The average molecular weight is 474 g/mol. The van der Waals surface area contributed by atoms with Crippen LogP contribution in [0.1, 0.15) is 30.1 Å². The summed E-state index contributed by atoms with van der Waals surface area (Å²) in [6.07, 6.45) is -3.28. The maximum Gasteiger partial charge on any atom is 0.573 e. The van der Waals surface area contributed by atoms with Crippen molar-refractivity contribution in [3.63, 3.8) is 0 Å². The molecule has 0 bridgehead atoms. The van der Waals surface area contributed by atoms with E-state index in [1.807, 2.05) is 37.3 Å². The molecule has 3 aromatic carbocycles. The molecule has 4 nitrogen and oxygen atoms in total. The van der Waals surface area contributed by atoms with E-state index < -0.39 is 35.7 Å². The summed E-state index contributed by atoms with van der Waals surface area (Å²) < 4.78 is 68.9. The van der Waals surface area contributed by atoms with Crippen LogP contribution in [0.25, 0.3) is 0 Å². The lowest BCUT2D eigenvalue weighted by atomic mass is 10.1. The van der Waals surface area contributed by atoms with Crippen molar-refractivity contribution in [2.45, 2.75) is 25.4 Å². The number of amides is 1. The van der Waals surface area contributed by atoms with Crippen LogP contribution < -0.4 is 15.0 Å². The molecule has 0 fully saturated rings. The van der Waals surface area contributed by atoms with E-state index in [1.54, 1.807) is 6.08 Å². The van der Waals surface area contributed by atoms with E-state index in [0.29, 0.717) is 5.56 Å². The van der Waals surface area contributed by atoms with Crippen LogP contribution >= 0.6 is 0 Å². The summed E-state index contributed by atoms with van der Waals surface area (Å²) >= 11 is 0. The standard InChI is InChI=1S/C25H19F5N2O2/c1-15(16-5-3-2-4-6-16)31-22-14-23(17-7-12-20(26)21(27)13-17)32(24(22)33)18-8-10-19(11-9-18)34-25(28,29)30/h2-15,23,31H,1H3/t15-,23-/m1/s1. The largest absolute Gasteiger partial charge is 0.573 e. The van der Waals surface area contributed by atoms with Gasteiger partial charge in [0.15, 0.2) is 11.6 Å². The van der Waals surface area contributed by atoms with Gasteiger partial charge in [0.05, 0.1) is 11.7 Å². The number of hydrogen-bond acceptors (Lipinski definition) is 3. The van der Waals surface area contributed by atoms with Gasteiger partial charge in [-0.05, 0) is 60.5 Å². The van der Waals surface area contributed by atoms with Gasteiger partial charge < -0.3 is 10.1 Å². The van der Waals surface area contributed by atoms with Crippen LogP contribution in [-0.4, -0.2) is 12.3 Å². The Hall–Kier alpha value is -3.88. The number of carbonyl (C=O) groups excluding carboxylic acids is 1. The fraction of sp³-hybridized carbons (Fsp3) is 0.160. The molecule has 1 aliphatic rings. The van der Waals surface area contributed by atoms with Crippen LogP contribution in [0, 0.1) is 11.6 Å². The van der Waals surface area contributed by atoms with Gasteiger partial charge in [0.25, 0.3) is 5.91 Å². The highest BCUT2D eigenvalue weighted by molar-refractivity contribution is 6.08. The van der Waals surface area contributed by atoms with Gasteiger partial charge in [-0.1, -0.05) is 36.4 Å². The molecule has 176 valence electrons. The minimum Gasteiger partial charge on any atom is -0.406 e. The van der Waals surface area contributed by atoms with Crippen molar-refractivity contribution < 1.29 is 31.5 Å². The Balaban J connectivity index is 1.67. The third-order valence-corrected chi connectivity index (χ3v) is 5.36. The Kier molecular flexibility index (Phi) is 6.28. The Morgan fingerprint density at radius 3 is 2.24 bits per heavy atom. The van der Waals surface area contributed by atoms with Crippen molar-refractivity contribution in [3.05, 3.63) is 107 Å². The number of hydrogen-bond donors (Lipinski definition) is 1. The Labute approximate surface area is 192 Å². The Bertz CT molecular complexity index is 1210. The fourth-order valence-electron chi connectivity index (χ4n) is 3.76. The van der Waals surface area contributed by atoms with Crippen LogP contribution in [-0.2, 0) is 4.79 Å². The molecule has 0 saturated heterocycles. The van der Waals surface area contributed by atoms with Crippen LogP contribution in [0.4, 0.5) is 27.6 Å². The molecule has 1 heterocycles. The van der Waals surface area contributed by atoms with Crippen molar-refractivity contribution in [3.8, 4) is 5.75 Å². The first-order valence-corrected chi connectivity index (χ1v) is 10.3. The van der Waals surface area contributed by atoms with Crippen molar-refractivity contribution >= 4 is 11.6 Å². The smallest absolute Gasteiger partial charge is 0.406 e. The second-order valence-corrected chi connectivity index (χ2v) is 7.69. The lowest BCUT2D eigenvalue weighted by molar-refractivity contribution is -0.274. The number of alkyl halides is 3. The monoisotopic (exact) mass is 474 g/mol. The van der Waals surface area contributed by atoms with Crippen molar-refractivity contribution in [2.75, 3.05) is 4.90 Å². The lowest BCUT2D eigenvalue weighted by Crippen LogP contribution is -2.33. The molecule has 3 aromatic rings. The molecule has 1 amide bonds. The first-order chi connectivity index (χ1) is 16.1. The predicted octanol–water partition coefficient (Wildman–Crippen LogP) is 6.19. The summed E-state index contributed by atoms with van der Waals surface area (Å²) in [5, 5.41) is 3.14. The molecule has 1 aliphatic heterocycles. The normalized spacial score (nSPS) is 16.9. The van der Waals surface area contributed by atoms with E-state index in [-0.39, 0.29) is 17.4 Å². The van der Waals surface area contributed by atoms with Crippen LogP contribution in [0.3, 0.4) is 0 Å². The number of nitrogens with one attached hydrogen (secondary N) is 1. The minimum atomic E-state index is -4.86. The van der Waals surface area contributed by atoms with Crippen molar-refractivity contribution in [1.82, 2.24) is 5.32 Å². The quantitative estimate of drug-likeness (QED) is 0.434. The SMILES string of the molecule is C[C@@H](NC1=C[C@H](c2ccc(F)c(F)c2)N(c2ccc(OC(F)(F)F)cc2)C1=O)c1ccccc1. The van der Waals surface area contributed by atoms with E-state index in [9.17, 15) is 26.7 Å². The molecule has 1 N–H and O–H groups in total. The van der Waals surface area contributed by atoms with Gasteiger partial charge in [0.2, 0.25) is 0 Å². The van der Waals surface area contributed by atoms with Gasteiger partial charge in [0.1, 0.15) is 5.75 Å². The first kappa shape index (κ1) is 23.3. The number of carbonyl (C=O) groups is 1. The fourth-order valence-corrected chi connectivity index (χ4v) is 3.76. The minimum absolute atomic E-state index is 0.224. The summed E-state index contributed by atoms with van der Waals surface area (Å²) in [6.45, 7) is 1.86. The molecule has 9 heteroatoms. The Morgan fingerprint density at radius 1 is 0.941 bits per heavy atom. The maximum absolute atomic E-state index is 14.0. The number of benzene rings is 3. The summed E-state index contributed by atoms with van der Waals surface area (Å²) in [5.41, 5.74) is 1.70. The number of nitrogens with zero attached hydrogens (tertiary/aromatic N) is 1. The molecule has 2 atom stereocenters. The second kappa shape index (κ2) is 9.17. The molecule has 0 radical (unpaired) electrons. The van der Waals surface area contributed by atoms with E-state index in [1.165, 1.54) is 23.1 Å². The van der Waals surface area contributed by atoms with Gasteiger partial charge in [0, 0.05) is 11.7 Å². The second-order valence-electron chi connectivity index (χ2n) is 7.69. The third-order valence-electron chi connectivity index (χ3n) is 5.36. The van der Waals surface area contributed by atoms with Crippen LogP contribution in [0.15, 0.2) is 84.6 Å². The van der Waals surface area contributed by atoms with Gasteiger partial charge in [-0.25, -0.2) is 8.78 Å².